The number of fused-ring (bicyclic) bond motifs is 1. The van der Waals surface area contributed by atoms with Gasteiger partial charge in [-0.3, -0.25) is 9.78 Å². The van der Waals surface area contributed by atoms with Gasteiger partial charge in [0.05, 0.1) is 34.0 Å². The van der Waals surface area contributed by atoms with Crippen LogP contribution in [0.15, 0.2) is 53.2 Å². The summed E-state index contributed by atoms with van der Waals surface area (Å²) in [6, 6.07) is 10.00. The molecule has 1 heterocycles. The number of amides is 1. The second-order valence-corrected chi connectivity index (χ2v) is 8.21. The zero-order valence-corrected chi connectivity index (χ0v) is 20.7. The molecule has 2 aromatic carbocycles. The number of nitrogens with one attached hydrogen (secondary N) is 2. The Balaban J connectivity index is 1.98. The molecule has 0 aliphatic rings. The molecule has 0 atom stereocenters. The van der Waals surface area contributed by atoms with Crippen LogP contribution >= 0.6 is 15.9 Å². The third-order valence-electron chi connectivity index (χ3n) is 5.28. The SMILES string of the molecule is CCN(CC)CC=CC(=O)Nc1cc2c(Nc3ccc(F)c(Br)c3)c(C#N)cnc2cc1OC. The fraction of sp³-hybridized carbons (Fsp3) is 0.240. The average molecular weight is 526 g/mol. The number of pyridine rings is 1. The van der Waals surface area contributed by atoms with Crippen LogP contribution in [0.4, 0.5) is 21.5 Å². The quantitative estimate of drug-likeness (QED) is 0.353. The van der Waals surface area contributed by atoms with Crippen LogP contribution in [0.2, 0.25) is 0 Å². The summed E-state index contributed by atoms with van der Waals surface area (Å²) in [6.45, 7) is 6.60. The highest BCUT2D eigenvalue weighted by Gasteiger charge is 2.15. The number of nitrogens with zero attached hydrogens (tertiary/aromatic N) is 3. The molecule has 7 nitrogen and oxygen atoms in total. The van der Waals surface area contributed by atoms with Crippen LogP contribution in [0, 0.1) is 17.1 Å². The first-order valence-corrected chi connectivity index (χ1v) is 11.5. The van der Waals surface area contributed by atoms with Crippen molar-refractivity contribution in [2.24, 2.45) is 0 Å². The minimum Gasteiger partial charge on any atom is -0.494 e. The van der Waals surface area contributed by atoms with Gasteiger partial charge in [-0.25, -0.2) is 4.39 Å². The molecule has 9 heteroatoms. The highest BCUT2D eigenvalue weighted by molar-refractivity contribution is 9.10. The summed E-state index contributed by atoms with van der Waals surface area (Å²) in [5.74, 6) is -0.258. The van der Waals surface area contributed by atoms with Crippen molar-refractivity contribution in [2.45, 2.75) is 13.8 Å². The molecule has 2 N–H and O–H groups in total. The molecule has 3 aromatic rings. The molecule has 1 aromatic heterocycles. The Kier molecular flexibility index (Phi) is 8.57. The van der Waals surface area contributed by atoms with E-state index in [2.05, 4.69) is 56.4 Å². The number of likely N-dealkylation sites (N-methyl/N-ethyl adjacent to an activating group) is 1. The van der Waals surface area contributed by atoms with E-state index in [9.17, 15) is 14.4 Å². The first-order valence-electron chi connectivity index (χ1n) is 10.7. The van der Waals surface area contributed by atoms with Crippen LogP contribution in [0.1, 0.15) is 19.4 Å². The van der Waals surface area contributed by atoms with Crippen molar-refractivity contribution in [3.05, 3.63) is 64.5 Å². The summed E-state index contributed by atoms with van der Waals surface area (Å²) in [5.41, 5.74) is 2.37. The number of carbonyl (C=O) groups is 1. The fourth-order valence-corrected chi connectivity index (χ4v) is 3.77. The lowest BCUT2D eigenvalue weighted by Crippen LogP contribution is -2.23. The number of rotatable bonds is 9. The number of carbonyl (C=O) groups excluding carboxylic acids is 1. The Morgan fingerprint density at radius 2 is 2.06 bits per heavy atom. The molecule has 0 aliphatic carbocycles. The van der Waals surface area contributed by atoms with Gasteiger partial charge in [0.1, 0.15) is 17.6 Å². The van der Waals surface area contributed by atoms with Gasteiger partial charge in [-0.15, -0.1) is 0 Å². The standard InChI is InChI=1S/C25H25BrFN5O2/c1-4-32(5-2)10-6-7-24(33)31-22-12-18-21(13-23(22)34-3)29-15-16(14-28)25(18)30-17-8-9-20(27)19(26)11-17/h6-9,11-13,15H,4-5,10H2,1-3H3,(H,29,30)(H,31,33). The van der Waals surface area contributed by atoms with Gasteiger partial charge in [0.2, 0.25) is 5.91 Å². The van der Waals surface area contributed by atoms with Crippen LogP contribution in [-0.4, -0.2) is 42.5 Å². The van der Waals surface area contributed by atoms with Crippen molar-refractivity contribution in [3.8, 4) is 11.8 Å². The molecule has 0 fully saturated rings. The number of anilines is 3. The summed E-state index contributed by atoms with van der Waals surface area (Å²) in [6.07, 6.45) is 4.75. The molecule has 34 heavy (non-hydrogen) atoms. The second kappa shape index (κ2) is 11.6. The van der Waals surface area contributed by atoms with Gasteiger partial charge in [-0.05, 0) is 53.3 Å². The van der Waals surface area contributed by atoms with E-state index < -0.39 is 5.82 Å². The summed E-state index contributed by atoms with van der Waals surface area (Å²) in [4.78, 5) is 19.1. The van der Waals surface area contributed by atoms with E-state index in [4.69, 9.17) is 4.74 Å². The predicted molar refractivity (Wildman–Crippen MR) is 136 cm³/mol. The maximum absolute atomic E-state index is 13.7. The van der Waals surface area contributed by atoms with Gasteiger partial charge < -0.3 is 20.3 Å². The summed E-state index contributed by atoms with van der Waals surface area (Å²) in [7, 11) is 1.51. The summed E-state index contributed by atoms with van der Waals surface area (Å²) >= 11 is 3.18. The molecule has 1 amide bonds. The van der Waals surface area contributed by atoms with Gasteiger partial charge in [-0.1, -0.05) is 19.9 Å². The molecule has 0 radical (unpaired) electrons. The molecule has 3 rings (SSSR count). The lowest BCUT2D eigenvalue weighted by molar-refractivity contribution is -0.111. The molecular weight excluding hydrogens is 501 g/mol. The molecule has 0 saturated heterocycles. The van der Waals surface area contributed by atoms with E-state index in [0.717, 1.165) is 13.1 Å². The Labute approximate surface area is 206 Å². The van der Waals surface area contributed by atoms with Crippen LogP contribution in [0.5, 0.6) is 5.75 Å². The lowest BCUT2D eigenvalue weighted by Gasteiger charge is -2.16. The van der Waals surface area contributed by atoms with Crippen molar-refractivity contribution in [2.75, 3.05) is 37.4 Å². The van der Waals surface area contributed by atoms with E-state index in [-0.39, 0.29) is 5.91 Å². The number of hydrogen-bond donors (Lipinski definition) is 2. The topological polar surface area (TPSA) is 90.3 Å². The molecule has 0 saturated carbocycles. The first-order chi connectivity index (χ1) is 16.4. The molecule has 176 valence electrons. The molecular formula is C25H25BrFN5O2. The second-order valence-electron chi connectivity index (χ2n) is 7.36. The third-order valence-corrected chi connectivity index (χ3v) is 5.89. The molecule has 0 bridgehead atoms. The third kappa shape index (κ3) is 5.90. The fourth-order valence-electron chi connectivity index (χ4n) is 3.39. The molecule has 0 unspecified atom stereocenters. The van der Waals surface area contributed by atoms with Crippen molar-refractivity contribution >= 4 is 49.8 Å². The first kappa shape index (κ1) is 25.1. The average Bonchev–Trinajstić information content (AvgIpc) is 2.84. The van der Waals surface area contributed by atoms with E-state index in [1.165, 1.54) is 25.4 Å². The van der Waals surface area contributed by atoms with E-state index >= 15 is 0 Å². The Hall–Kier alpha value is -3.48. The number of aromatic nitrogens is 1. The van der Waals surface area contributed by atoms with E-state index in [1.54, 1.807) is 24.3 Å². The zero-order valence-electron chi connectivity index (χ0n) is 19.2. The van der Waals surface area contributed by atoms with Crippen molar-refractivity contribution in [1.82, 2.24) is 9.88 Å². The Morgan fingerprint density at radius 3 is 2.71 bits per heavy atom. The minimum atomic E-state index is -0.394. The van der Waals surface area contributed by atoms with Crippen molar-refractivity contribution in [3.63, 3.8) is 0 Å². The van der Waals surface area contributed by atoms with Gasteiger partial charge in [0.25, 0.3) is 0 Å². The normalized spacial score (nSPS) is 11.1. The Morgan fingerprint density at radius 1 is 1.29 bits per heavy atom. The molecule has 0 spiro atoms. The van der Waals surface area contributed by atoms with Crippen LogP contribution in [0.3, 0.4) is 0 Å². The largest absolute Gasteiger partial charge is 0.494 e. The van der Waals surface area contributed by atoms with Crippen LogP contribution in [0.25, 0.3) is 10.9 Å². The monoisotopic (exact) mass is 525 g/mol. The van der Waals surface area contributed by atoms with Crippen LogP contribution in [-0.2, 0) is 4.79 Å². The predicted octanol–water partition coefficient (Wildman–Crippen LogP) is 5.60. The maximum atomic E-state index is 13.7. The number of halogens is 2. The maximum Gasteiger partial charge on any atom is 0.248 e. The van der Waals surface area contributed by atoms with Crippen molar-refractivity contribution in [1.29, 1.82) is 5.26 Å². The number of methoxy groups -OCH3 is 1. The van der Waals surface area contributed by atoms with E-state index in [0.29, 0.717) is 50.3 Å². The zero-order chi connectivity index (χ0) is 24.7. The summed E-state index contributed by atoms with van der Waals surface area (Å²) < 4.78 is 19.4. The van der Waals surface area contributed by atoms with Gasteiger partial charge >= 0.3 is 0 Å². The lowest BCUT2D eigenvalue weighted by atomic mass is 10.1. The number of ether oxygens (including phenoxy) is 1. The number of nitriles is 1. The Bertz CT molecular complexity index is 1270. The van der Waals surface area contributed by atoms with Gasteiger partial charge in [-0.2, -0.15) is 5.26 Å². The highest BCUT2D eigenvalue weighted by Crippen LogP contribution is 2.36. The van der Waals surface area contributed by atoms with Crippen LogP contribution < -0.4 is 15.4 Å². The summed E-state index contributed by atoms with van der Waals surface area (Å²) in [5, 5.41) is 16.3. The molecule has 0 aliphatic heterocycles. The van der Waals surface area contributed by atoms with E-state index in [1.807, 2.05) is 6.08 Å². The van der Waals surface area contributed by atoms with Gasteiger partial charge in [0, 0.05) is 36.0 Å². The minimum absolute atomic E-state index is 0.292. The van der Waals surface area contributed by atoms with Crippen molar-refractivity contribution < 1.29 is 13.9 Å². The number of hydrogen-bond acceptors (Lipinski definition) is 6. The highest BCUT2D eigenvalue weighted by atomic mass is 79.9. The smallest absolute Gasteiger partial charge is 0.248 e. The number of benzene rings is 2. The van der Waals surface area contributed by atoms with Gasteiger partial charge in [0.15, 0.2) is 0 Å².